The molecule has 2 aromatic rings. The molecule has 5 nitrogen and oxygen atoms in total. The summed E-state index contributed by atoms with van der Waals surface area (Å²) in [6.07, 6.45) is 3.76. The SMILES string of the molecule is COc1ccc(C(=O)NC2CCN(Cc3ccccn3)CC2)cc1. The maximum absolute atomic E-state index is 12.3. The summed E-state index contributed by atoms with van der Waals surface area (Å²) in [5.41, 5.74) is 1.77. The van der Waals surface area contributed by atoms with Crippen LogP contribution in [0, 0.1) is 0 Å². The summed E-state index contributed by atoms with van der Waals surface area (Å²) < 4.78 is 5.12. The molecule has 24 heavy (non-hydrogen) atoms. The Bertz CT molecular complexity index is 650. The van der Waals surface area contributed by atoms with Gasteiger partial charge in [-0.15, -0.1) is 0 Å². The van der Waals surface area contributed by atoms with Crippen molar-refractivity contribution >= 4 is 5.91 Å². The molecule has 0 radical (unpaired) electrons. The monoisotopic (exact) mass is 325 g/mol. The minimum Gasteiger partial charge on any atom is -0.497 e. The Balaban J connectivity index is 1.47. The summed E-state index contributed by atoms with van der Waals surface area (Å²) in [5, 5.41) is 3.13. The van der Waals surface area contributed by atoms with Gasteiger partial charge >= 0.3 is 0 Å². The van der Waals surface area contributed by atoms with Crippen molar-refractivity contribution in [2.45, 2.75) is 25.4 Å². The number of ether oxygens (including phenoxy) is 1. The normalized spacial score (nSPS) is 15.9. The molecule has 2 heterocycles. The van der Waals surface area contributed by atoms with E-state index in [2.05, 4.69) is 21.3 Å². The highest BCUT2D eigenvalue weighted by atomic mass is 16.5. The number of nitrogens with one attached hydrogen (secondary N) is 1. The number of pyridine rings is 1. The molecule has 1 fully saturated rings. The molecule has 0 spiro atoms. The second-order valence-corrected chi connectivity index (χ2v) is 6.07. The van der Waals surface area contributed by atoms with Crippen LogP contribution in [0.4, 0.5) is 0 Å². The number of hydrogen-bond acceptors (Lipinski definition) is 4. The Labute approximate surface area is 142 Å². The fourth-order valence-electron chi connectivity index (χ4n) is 2.97. The first-order valence-corrected chi connectivity index (χ1v) is 8.32. The quantitative estimate of drug-likeness (QED) is 0.918. The molecule has 5 heteroatoms. The van der Waals surface area contributed by atoms with Crippen molar-refractivity contribution in [2.24, 2.45) is 0 Å². The Hall–Kier alpha value is -2.40. The van der Waals surface area contributed by atoms with Crippen LogP contribution in [0.15, 0.2) is 48.7 Å². The zero-order valence-electron chi connectivity index (χ0n) is 13.9. The molecule has 0 aliphatic carbocycles. The summed E-state index contributed by atoms with van der Waals surface area (Å²) in [5.74, 6) is 0.746. The van der Waals surface area contributed by atoms with E-state index in [1.54, 1.807) is 19.2 Å². The van der Waals surface area contributed by atoms with Crippen LogP contribution in [0.2, 0.25) is 0 Å². The molecule has 0 atom stereocenters. The number of methoxy groups -OCH3 is 1. The predicted octanol–water partition coefficient (Wildman–Crippen LogP) is 2.48. The Kier molecular flexibility index (Phi) is 5.43. The van der Waals surface area contributed by atoms with Gasteiger partial charge in [-0.05, 0) is 49.2 Å². The molecule has 1 aromatic carbocycles. The third-order valence-corrected chi connectivity index (χ3v) is 4.39. The van der Waals surface area contributed by atoms with Crippen LogP contribution in [0.3, 0.4) is 0 Å². The Morgan fingerprint density at radius 1 is 1.21 bits per heavy atom. The van der Waals surface area contributed by atoms with Gasteiger partial charge in [0.25, 0.3) is 5.91 Å². The van der Waals surface area contributed by atoms with E-state index in [1.165, 1.54) is 0 Å². The minimum absolute atomic E-state index is 0.0131. The average molecular weight is 325 g/mol. The van der Waals surface area contributed by atoms with Crippen LogP contribution in [-0.2, 0) is 6.54 Å². The molecule has 1 N–H and O–H groups in total. The van der Waals surface area contributed by atoms with E-state index < -0.39 is 0 Å². The first-order chi connectivity index (χ1) is 11.7. The van der Waals surface area contributed by atoms with E-state index in [-0.39, 0.29) is 11.9 Å². The molecule has 1 saturated heterocycles. The van der Waals surface area contributed by atoms with Gasteiger partial charge in [0.2, 0.25) is 0 Å². The second-order valence-electron chi connectivity index (χ2n) is 6.07. The molecule has 0 bridgehead atoms. The lowest BCUT2D eigenvalue weighted by Gasteiger charge is -2.32. The summed E-state index contributed by atoms with van der Waals surface area (Å²) in [7, 11) is 1.62. The number of carbonyl (C=O) groups is 1. The van der Waals surface area contributed by atoms with Gasteiger partial charge in [0.15, 0.2) is 0 Å². The van der Waals surface area contributed by atoms with E-state index in [0.717, 1.165) is 43.9 Å². The van der Waals surface area contributed by atoms with Crippen molar-refractivity contribution in [1.29, 1.82) is 0 Å². The summed E-state index contributed by atoms with van der Waals surface area (Å²) in [6, 6.07) is 13.5. The number of nitrogens with zero attached hydrogens (tertiary/aromatic N) is 2. The van der Waals surface area contributed by atoms with Crippen LogP contribution < -0.4 is 10.1 Å². The van der Waals surface area contributed by atoms with Gasteiger partial charge in [-0.2, -0.15) is 0 Å². The summed E-state index contributed by atoms with van der Waals surface area (Å²) in [6.45, 7) is 2.83. The molecule has 126 valence electrons. The standard InChI is InChI=1S/C19H23N3O2/c1-24-18-7-5-15(6-8-18)19(23)21-16-9-12-22(13-10-16)14-17-4-2-3-11-20-17/h2-8,11,16H,9-10,12-14H2,1H3,(H,21,23). The lowest BCUT2D eigenvalue weighted by molar-refractivity contribution is 0.0908. The lowest BCUT2D eigenvalue weighted by atomic mass is 10.0. The van der Waals surface area contributed by atoms with Crippen molar-refractivity contribution in [3.05, 3.63) is 59.9 Å². The van der Waals surface area contributed by atoms with Gasteiger partial charge in [-0.25, -0.2) is 0 Å². The van der Waals surface area contributed by atoms with Crippen molar-refractivity contribution in [1.82, 2.24) is 15.2 Å². The predicted molar refractivity (Wildman–Crippen MR) is 93.0 cm³/mol. The Morgan fingerprint density at radius 2 is 1.96 bits per heavy atom. The highest BCUT2D eigenvalue weighted by Crippen LogP contribution is 2.15. The molecule has 1 aliphatic rings. The topological polar surface area (TPSA) is 54.5 Å². The van der Waals surface area contributed by atoms with Gasteiger partial charge < -0.3 is 10.1 Å². The van der Waals surface area contributed by atoms with Crippen molar-refractivity contribution in [2.75, 3.05) is 20.2 Å². The van der Waals surface area contributed by atoms with Gasteiger partial charge in [-0.1, -0.05) is 6.07 Å². The zero-order valence-corrected chi connectivity index (χ0v) is 13.9. The van der Waals surface area contributed by atoms with Gasteiger partial charge in [0.1, 0.15) is 5.75 Å². The van der Waals surface area contributed by atoms with Crippen LogP contribution in [0.5, 0.6) is 5.75 Å². The largest absolute Gasteiger partial charge is 0.497 e. The first-order valence-electron chi connectivity index (χ1n) is 8.32. The number of carbonyl (C=O) groups excluding carboxylic acids is 1. The number of amides is 1. The fraction of sp³-hybridized carbons (Fsp3) is 0.368. The van der Waals surface area contributed by atoms with Gasteiger partial charge in [0, 0.05) is 37.4 Å². The fourth-order valence-corrected chi connectivity index (χ4v) is 2.97. The maximum Gasteiger partial charge on any atom is 0.251 e. The van der Waals surface area contributed by atoms with Crippen molar-refractivity contribution < 1.29 is 9.53 Å². The molecule has 1 aromatic heterocycles. The first kappa shape index (κ1) is 16.5. The molecule has 0 unspecified atom stereocenters. The second kappa shape index (κ2) is 7.93. The highest BCUT2D eigenvalue weighted by Gasteiger charge is 2.21. The summed E-state index contributed by atoms with van der Waals surface area (Å²) in [4.78, 5) is 19.1. The summed E-state index contributed by atoms with van der Waals surface area (Å²) >= 11 is 0. The maximum atomic E-state index is 12.3. The average Bonchev–Trinajstić information content (AvgIpc) is 2.64. The molecule has 0 saturated carbocycles. The number of benzene rings is 1. The van der Waals surface area contributed by atoms with E-state index in [4.69, 9.17) is 4.74 Å². The molecule has 1 amide bonds. The lowest BCUT2D eigenvalue weighted by Crippen LogP contribution is -2.44. The van der Waals surface area contributed by atoms with Crippen LogP contribution >= 0.6 is 0 Å². The van der Waals surface area contributed by atoms with Gasteiger partial charge in [0.05, 0.1) is 12.8 Å². The number of rotatable bonds is 5. The number of piperidine rings is 1. The highest BCUT2D eigenvalue weighted by molar-refractivity contribution is 5.94. The van der Waals surface area contributed by atoms with Crippen molar-refractivity contribution in [3.63, 3.8) is 0 Å². The van der Waals surface area contributed by atoms with E-state index in [1.807, 2.05) is 30.5 Å². The zero-order chi connectivity index (χ0) is 16.8. The molecular formula is C19H23N3O2. The van der Waals surface area contributed by atoms with Crippen molar-refractivity contribution in [3.8, 4) is 5.75 Å². The number of likely N-dealkylation sites (tertiary alicyclic amines) is 1. The smallest absolute Gasteiger partial charge is 0.251 e. The van der Waals surface area contributed by atoms with Crippen LogP contribution in [0.1, 0.15) is 28.9 Å². The van der Waals surface area contributed by atoms with E-state index in [9.17, 15) is 4.79 Å². The van der Waals surface area contributed by atoms with Crippen LogP contribution in [0.25, 0.3) is 0 Å². The molecule has 1 aliphatic heterocycles. The Morgan fingerprint density at radius 3 is 2.58 bits per heavy atom. The third-order valence-electron chi connectivity index (χ3n) is 4.39. The number of aromatic nitrogens is 1. The van der Waals surface area contributed by atoms with Gasteiger partial charge in [-0.3, -0.25) is 14.7 Å². The van der Waals surface area contributed by atoms with E-state index in [0.29, 0.717) is 5.56 Å². The third kappa shape index (κ3) is 4.32. The van der Waals surface area contributed by atoms with E-state index >= 15 is 0 Å². The number of hydrogen-bond donors (Lipinski definition) is 1. The van der Waals surface area contributed by atoms with Crippen LogP contribution in [-0.4, -0.2) is 42.0 Å². The minimum atomic E-state index is -0.0131. The molecule has 3 rings (SSSR count). The molecular weight excluding hydrogens is 302 g/mol.